The minimum absolute atomic E-state index is 0.229. The molecule has 0 aliphatic heterocycles. The second-order valence-electron chi connectivity index (χ2n) is 3.20. The third-order valence-corrected chi connectivity index (χ3v) is 1.98. The lowest BCUT2D eigenvalue weighted by molar-refractivity contribution is -0.134. The summed E-state index contributed by atoms with van der Waals surface area (Å²) in [7, 11) is 1.37. The van der Waals surface area contributed by atoms with Gasteiger partial charge in [0, 0.05) is 6.08 Å². The van der Waals surface area contributed by atoms with Gasteiger partial charge in [-0.2, -0.15) is 0 Å². The van der Waals surface area contributed by atoms with Gasteiger partial charge in [-0.3, -0.25) is 0 Å². The van der Waals surface area contributed by atoms with Crippen molar-refractivity contribution in [1.29, 1.82) is 0 Å². The Morgan fingerprint density at radius 1 is 1.57 bits per heavy atom. The van der Waals surface area contributed by atoms with Crippen LogP contribution < -0.4 is 0 Å². The van der Waals surface area contributed by atoms with Crippen LogP contribution in [-0.2, 0) is 9.53 Å². The van der Waals surface area contributed by atoms with Gasteiger partial charge in [0.15, 0.2) is 0 Å². The molecule has 0 aliphatic rings. The predicted molar refractivity (Wildman–Crippen MR) is 58.9 cm³/mol. The molecule has 0 heterocycles. The quantitative estimate of drug-likeness (QED) is 0.369. The van der Waals surface area contributed by atoms with E-state index < -0.39 is 0 Å². The molecule has 14 heavy (non-hydrogen) atoms. The van der Waals surface area contributed by atoms with Crippen molar-refractivity contribution in [2.75, 3.05) is 7.11 Å². The van der Waals surface area contributed by atoms with Crippen molar-refractivity contribution in [2.45, 2.75) is 19.8 Å². The summed E-state index contributed by atoms with van der Waals surface area (Å²) < 4.78 is 4.51. The maximum atomic E-state index is 10.9. The lowest BCUT2D eigenvalue weighted by atomic mass is 9.96. The predicted octanol–water partition coefficient (Wildman–Crippen LogP) is 2.87. The van der Waals surface area contributed by atoms with E-state index in [1.807, 2.05) is 19.1 Å². The van der Waals surface area contributed by atoms with Crippen molar-refractivity contribution < 1.29 is 9.53 Å². The first-order chi connectivity index (χ1) is 6.61. The second kappa shape index (κ2) is 7.13. The first-order valence-corrected chi connectivity index (χ1v) is 4.64. The Hall–Kier alpha value is -1.31. The van der Waals surface area contributed by atoms with E-state index in [1.54, 1.807) is 0 Å². The minimum Gasteiger partial charge on any atom is -0.466 e. The molecule has 0 radical (unpaired) electrons. The summed E-state index contributed by atoms with van der Waals surface area (Å²) in [4.78, 5) is 10.9. The Labute approximate surface area is 86.0 Å². The number of hydrogen-bond acceptors (Lipinski definition) is 2. The van der Waals surface area contributed by atoms with Crippen molar-refractivity contribution >= 4 is 5.97 Å². The fourth-order valence-electron chi connectivity index (χ4n) is 1.07. The van der Waals surface area contributed by atoms with Crippen molar-refractivity contribution in [3.63, 3.8) is 0 Å². The number of hydrogen-bond donors (Lipinski definition) is 0. The number of esters is 1. The van der Waals surface area contributed by atoms with Crippen LogP contribution in [0.1, 0.15) is 19.8 Å². The summed E-state index contributed by atoms with van der Waals surface area (Å²) in [6, 6.07) is 0. The fraction of sp³-hybridized carbons (Fsp3) is 0.417. The molecule has 0 amide bonds. The van der Waals surface area contributed by atoms with E-state index in [9.17, 15) is 4.79 Å². The Bertz CT molecular complexity index is 239. The van der Waals surface area contributed by atoms with E-state index in [4.69, 9.17) is 0 Å². The van der Waals surface area contributed by atoms with Crippen LogP contribution >= 0.6 is 0 Å². The zero-order valence-electron chi connectivity index (χ0n) is 8.95. The van der Waals surface area contributed by atoms with Gasteiger partial charge in [0.2, 0.25) is 0 Å². The molecule has 0 bridgehead atoms. The largest absolute Gasteiger partial charge is 0.466 e. The van der Waals surface area contributed by atoms with E-state index >= 15 is 0 Å². The molecule has 2 nitrogen and oxygen atoms in total. The highest BCUT2D eigenvalue weighted by Gasteiger charge is 2.04. The van der Waals surface area contributed by atoms with Gasteiger partial charge < -0.3 is 4.74 Å². The monoisotopic (exact) mass is 194 g/mol. The Morgan fingerprint density at radius 2 is 2.21 bits per heavy atom. The summed E-state index contributed by atoms with van der Waals surface area (Å²) in [5.74, 6) is -0.0954. The Balaban J connectivity index is 4.21. The number of methoxy groups -OCH3 is 1. The van der Waals surface area contributed by atoms with E-state index in [1.165, 1.54) is 13.2 Å². The molecule has 1 atom stereocenters. The minimum atomic E-state index is -0.324. The van der Waals surface area contributed by atoms with Gasteiger partial charge in [0.25, 0.3) is 0 Å². The van der Waals surface area contributed by atoms with E-state index in [-0.39, 0.29) is 11.9 Å². The van der Waals surface area contributed by atoms with Crippen molar-refractivity contribution in [3.8, 4) is 0 Å². The van der Waals surface area contributed by atoms with E-state index in [0.29, 0.717) is 0 Å². The van der Waals surface area contributed by atoms with Crippen LogP contribution in [0.15, 0.2) is 37.0 Å². The number of allylic oxidation sites excluding steroid dienone is 3. The number of carbonyl (C=O) groups excluding carboxylic acids is 1. The zero-order valence-corrected chi connectivity index (χ0v) is 8.95. The second-order valence-corrected chi connectivity index (χ2v) is 3.20. The highest BCUT2D eigenvalue weighted by Crippen LogP contribution is 2.16. The molecule has 0 spiro atoms. The van der Waals surface area contributed by atoms with Gasteiger partial charge >= 0.3 is 5.97 Å². The van der Waals surface area contributed by atoms with Crippen LogP contribution in [0.3, 0.4) is 0 Å². The molecule has 0 saturated heterocycles. The molecule has 0 fully saturated rings. The third kappa shape index (κ3) is 5.36. The molecule has 2 heteroatoms. The smallest absolute Gasteiger partial charge is 0.330 e. The van der Waals surface area contributed by atoms with E-state index in [0.717, 1.165) is 18.4 Å². The number of carbonyl (C=O) groups is 1. The first-order valence-electron chi connectivity index (χ1n) is 4.64. The van der Waals surface area contributed by atoms with Crippen LogP contribution in [-0.4, -0.2) is 13.1 Å². The van der Waals surface area contributed by atoms with Crippen LogP contribution in [0.4, 0.5) is 0 Å². The molecular weight excluding hydrogens is 176 g/mol. The summed E-state index contributed by atoms with van der Waals surface area (Å²) in [6.45, 7) is 9.49. The zero-order chi connectivity index (χ0) is 11.0. The Morgan fingerprint density at radius 3 is 2.64 bits per heavy atom. The summed E-state index contributed by atoms with van der Waals surface area (Å²) >= 11 is 0. The van der Waals surface area contributed by atoms with Crippen LogP contribution in [0, 0.1) is 5.92 Å². The Kier molecular flexibility index (Phi) is 6.46. The highest BCUT2D eigenvalue weighted by atomic mass is 16.5. The van der Waals surface area contributed by atoms with Crippen LogP contribution in [0.25, 0.3) is 0 Å². The highest BCUT2D eigenvalue weighted by molar-refractivity contribution is 5.81. The van der Waals surface area contributed by atoms with Gasteiger partial charge in [0.1, 0.15) is 0 Å². The van der Waals surface area contributed by atoms with Crippen LogP contribution in [0.2, 0.25) is 0 Å². The van der Waals surface area contributed by atoms with Crippen molar-refractivity contribution in [1.82, 2.24) is 0 Å². The molecular formula is C12H18O2. The summed E-state index contributed by atoms with van der Waals surface area (Å²) in [5, 5.41) is 0. The lowest BCUT2D eigenvalue weighted by Gasteiger charge is -2.10. The first kappa shape index (κ1) is 12.7. The average molecular weight is 194 g/mol. The summed E-state index contributed by atoms with van der Waals surface area (Å²) in [6.07, 6.45) is 7.00. The molecule has 0 aliphatic carbocycles. The molecule has 1 unspecified atom stereocenters. The molecule has 0 rings (SSSR count). The fourth-order valence-corrected chi connectivity index (χ4v) is 1.07. The standard InChI is InChI=1S/C12H18O2/c1-5-6-7-11(10(2)3)8-9-12(13)14-4/h5,8-9,11H,1-2,6-7H2,3-4H3/b9-8+. The van der Waals surface area contributed by atoms with Gasteiger partial charge in [-0.15, -0.1) is 6.58 Å². The summed E-state index contributed by atoms with van der Waals surface area (Å²) in [5.41, 5.74) is 1.05. The van der Waals surface area contributed by atoms with Gasteiger partial charge in [-0.05, 0) is 25.7 Å². The van der Waals surface area contributed by atoms with E-state index in [2.05, 4.69) is 17.9 Å². The normalized spacial score (nSPS) is 12.4. The maximum absolute atomic E-state index is 10.9. The molecule has 0 saturated carbocycles. The molecule has 0 aromatic rings. The topological polar surface area (TPSA) is 26.3 Å². The van der Waals surface area contributed by atoms with Gasteiger partial charge in [0.05, 0.1) is 7.11 Å². The maximum Gasteiger partial charge on any atom is 0.330 e. The SMILES string of the molecule is C=CCCC(/C=C/C(=O)OC)C(=C)C. The lowest BCUT2D eigenvalue weighted by Crippen LogP contribution is -2.00. The van der Waals surface area contributed by atoms with Gasteiger partial charge in [-0.1, -0.05) is 24.3 Å². The third-order valence-electron chi connectivity index (χ3n) is 1.98. The molecule has 0 aromatic heterocycles. The molecule has 0 N–H and O–H groups in total. The van der Waals surface area contributed by atoms with Crippen molar-refractivity contribution in [3.05, 3.63) is 37.0 Å². The number of ether oxygens (including phenoxy) is 1. The van der Waals surface area contributed by atoms with Gasteiger partial charge in [-0.25, -0.2) is 4.79 Å². The van der Waals surface area contributed by atoms with Crippen molar-refractivity contribution in [2.24, 2.45) is 5.92 Å². The molecule has 0 aromatic carbocycles. The average Bonchev–Trinajstić information content (AvgIpc) is 2.16. The molecule has 78 valence electrons. The van der Waals surface area contributed by atoms with Crippen LogP contribution in [0.5, 0.6) is 0 Å². The number of rotatable bonds is 6.